The number of anilines is 1. The van der Waals surface area contributed by atoms with E-state index in [4.69, 9.17) is 17.0 Å². The van der Waals surface area contributed by atoms with E-state index in [0.717, 1.165) is 24.3 Å². The lowest BCUT2D eigenvalue weighted by Crippen LogP contribution is -2.45. The molecule has 0 saturated heterocycles. The van der Waals surface area contributed by atoms with E-state index in [1.165, 1.54) is 17.7 Å². The number of rotatable bonds is 4. The van der Waals surface area contributed by atoms with Crippen LogP contribution in [0.1, 0.15) is 30.6 Å². The molecule has 1 aliphatic carbocycles. The third-order valence-electron chi connectivity index (χ3n) is 4.15. The van der Waals surface area contributed by atoms with Crippen LogP contribution in [0.3, 0.4) is 0 Å². The van der Waals surface area contributed by atoms with Gasteiger partial charge in [-0.25, -0.2) is 0 Å². The zero-order chi connectivity index (χ0) is 15.4. The van der Waals surface area contributed by atoms with Crippen molar-refractivity contribution in [2.45, 2.75) is 31.2 Å². The standard InChI is InChI=1S/C17H20N2OS2/c1-20-14-8-6-13(7-9-14)18-16(21)19-17(10-2-3-11-17)15-5-4-12-22-15/h4-9,12H,2-3,10-11H2,1H3,(H2,18,19,21). The van der Waals surface area contributed by atoms with Gasteiger partial charge in [0, 0.05) is 10.6 Å². The third-order valence-corrected chi connectivity index (χ3v) is 5.43. The molecule has 1 heterocycles. The zero-order valence-electron chi connectivity index (χ0n) is 12.6. The summed E-state index contributed by atoms with van der Waals surface area (Å²) in [6.45, 7) is 0. The number of thiocarbonyl (C=S) groups is 1. The van der Waals surface area contributed by atoms with Crippen molar-refractivity contribution < 1.29 is 4.74 Å². The molecule has 22 heavy (non-hydrogen) atoms. The van der Waals surface area contributed by atoms with Gasteiger partial charge >= 0.3 is 0 Å². The van der Waals surface area contributed by atoms with Gasteiger partial charge in [0.2, 0.25) is 0 Å². The summed E-state index contributed by atoms with van der Waals surface area (Å²) < 4.78 is 5.17. The number of nitrogens with one attached hydrogen (secondary N) is 2. The largest absolute Gasteiger partial charge is 0.497 e. The molecular formula is C17H20N2OS2. The highest BCUT2D eigenvalue weighted by Gasteiger charge is 2.37. The van der Waals surface area contributed by atoms with Crippen LogP contribution in [0, 0.1) is 0 Å². The molecule has 0 spiro atoms. The predicted octanol–water partition coefficient (Wildman–Crippen LogP) is 4.51. The molecule has 1 aliphatic rings. The molecule has 0 atom stereocenters. The third kappa shape index (κ3) is 3.25. The van der Waals surface area contributed by atoms with Crippen LogP contribution in [0.5, 0.6) is 5.75 Å². The van der Waals surface area contributed by atoms with E-state index in [0.29, 0.717) is 5.11 Å². The van der Waals surface area contributed by atoms with E-state index in [2.05, 4.69) is 28.1 Å². The van der Waals surface area contributed by atoms with Crippen LogP contribution in [-0.2, 0) is 5.54 Å². The second-order valence-corrected chi connectivity index (χ2v) is 6.93. The fourth-order valence-electron chi connectivity index (χ4n) is 3.02. The molecule has 2 N–H and O–H groups in total. The Kier molecular flexibility index (Phi) is 4.64. The SMILES string of the molecule is COc1ccc(NC(=S)NC2(c3cccs3)CCCC2)cc1. The first-order valence-corrected chi connectivity index (χ1v) is 8.78. The first-order chi connectivity index (χ1) is 10.7. The summed E-state index contributed by atoms with van der Waals surface area (Å²) in [5, 5.41) is 9.66. The molecule has 0 aliphatic heterocycles. The summed E-state index contributed by atoms with van der Waals surface area (Å²) in [6, 6.07) is 12.1. The Morgan fingerprint density at radius 2 is 1.91 bits per heavy atom. The van der Waals surface area contributed by atoms with Crippen LogP contribution < -0.4 is 15.4 Å². The van der Waals surface area contributed by atoms with E-state index >= 15 is 0 Å². The number of benzene rings is 1. The fraction of sp³-hybridized carbons (Fsp3) is 0.353. The minimum Gasteiger partial charge on any atom is -0.497 e. The molecule has 1 fully saturated rings. The maximum atomic E-state index is 5.53. The molecular weight excluding hydrogens is 312 g/mol. The second-order valence-electron chi connectivity index (χ2n) is 5.57. The lowest BCUT2D eigenvalue weighted by Gasteiger charge is -2.31. The molecule has 1 aromatic carbocycles. The van der Waals surface area contributed by atoms with Crippen molar-refractivity contribution in [2.75, 3.05) is 12.4 Å². The summed E-state index contributed by atoms with van der Waals surface area (Å²) in [5.41, 5.74) is 0.975. The smallest absolute Gasteiger partial charge is 0.171 e. The van der Waals surface area contributed by atoms with E-state index in [1.54, 1.807) is 18.4 Å². The van der Waals surface area contributed by atoms with Crippen LogP contribution in [0.25, 0.3) is 0 Å². The number of hydrogen-bond donors (Lipinski definition) is 2. The average molecular weight is 332 g/mol. The van der Waals surface area contributed by atoms with Crippen LogP contribution >= 0.6 is 23.6 Å². The van der Waals surface area contributed by atoms with Crippen molar-refractivity contribution in [2.24, 2.45) is 0 Å². The monoisotopic (exact) mass is 332 g/mol. The van der Waals surface area contributed by atoms with Gasteiger partial charge in [-0.2, -0.15) is 0 Å². The van der Waals surface area contributed by atoms with Gasteiger partial charge in [0.15, 0.2) is 5.11 Å². The van der Waals surface area contributed by atoms with Crippen molar-refractivity contribution in [3.8, 4) is 5.75 Å². The van der Waals surface area contributed by atoms with Crippen LogP contribution in [0.4, 0.5) is 5.69 Å². The summed E-state index contributed by atoms with van der Waals surface area (Å²) in [7, 11) is 1.67. The lowest BCUT2D eigenvalue weighted by atomic mass is 9.96. The fourth-order valence-corrected chi connectivity index (χ4v) is 4.27. The Labute approximate surface area is 140 Å². The topological polar surface area (TPSA) is 33.3 Å². The van der Waals surface area contributed by atoms with Crippen molar-refractivity contribution >= 4 is 34.4 Å². The lowest BCUT2D eigenvalue weighted by molar-refractivity contribution is 0.414. The van der Waals surface area contributed by atoms with Crippen LogP contribution in [0.15, 0.2) is 41.8 Å². The Balaban J connectivity index is 1.69. The van der Waals surface area contributed by atoms with Crippen molar-refractivity contribution in [3.05, 3.63) is 46.7 Å². The highest BCUT2D eigenvalue weighted by Crippen LogP contribution is 2.40. The first kappa shape index (κ1) is 15.3. The minimum absolute atomic E-state index is 0.00468. The molecule has 116 valence electrons. The number of thiophene rings is 1. The second kappa shape index (κ2) is 6.67. The van der Waals surface area contributed by atoms with E-state index in [-0.39, 0.29) is 5.54 Å². The van der Waals surface area contributed by atoms with Crippen molar-refractivity contribution in [3.63, 3.8) is 0 Å². The van der Waals surface area contributed by atoms with Crippen molar-refractivity contribution in [1.29, 1.82) is 0 Å². The molecule has 1 aromatic heterocycles. The Hall–Kier alpha value is -1.59. The van der Waals surface area contributed by atoms with E-state index < -0.39 is 0 Å². The van der Waals surface area contributed by atoms with Gasteiger partial charge in [-0.1, -0.05) is 18.9 Å². The van der Waals surface area contributed by atoms with Gasteiger partial charge in [-0.15, -0.1) is 11.3 Å². The van der Waals surface area contributed by atoms with Gasteiger partial charge < -0.3 is 15.4 Å². The van der Waals surface area contributed by atoms with E-state index in [9.17, 15) is 0 Å². The number of ether oxygens (including phenoxy) is 1. The molecule has 0 bridgehead atoms. The molecule has 0 amide bonds. The van der Waals surface area contributed by atoms with E-state index in [1.807, 2.05) is 24.3 Å². The quantitative estimate of drug-likeness (QED) is 0.807. The number of methoxy groups -OCH3 is 1. The van der Waals surface area contributed by atoms with Crippen LogP contribution in [0.2, 0.25) is 0 Å². The van der Waals surface area contributed by atoms with Gasteiger partial charge in [0.1, 0.15) is 5.75 Å². The Bertz CT molecular complexity index is 617. The molecule has 3 rings (SSSR count). The van der Waals surface area contributed by atoms with Gasteiger partial charge in [-0.05, 0) is 60.8 Å². The summed E-state index contributed by atoms with van der Waals surface area (Å²) in [6.07, 6.45) is 4.77. The zero-order valence-corrected chi connectivity index (χ0v) is 14.2. The average Bonchev–Trinajstić information content (AvgIpc) is 3.19. The summed E-state index contributed by atoms with van der Waals surface area (Å²) in [4.78, 5) is 1.38. The maximum Gasteiger partial charge on any atom is 0.171 e. The number of hydrogen-bond acceptors (Lipinski definition) is 3. The van der Waals surface area contributed by atoms with Gasteiger partial charge in [0.05, 0.1) is 12.6 Å². The molecule has 3 nitrogen and oxygen atoms in total. The Morgan fingerprint density at radius 1 is 1.18 bits per heavy atom. The summed E-state index contributed by atoms with van der Waals surface area (Å²) in [5.74, 6) is 0.843. The van der Waals surface area contributed by atoms with Gasteiger partial charge in [-0.3, -0.25) is 0 Å². The minimum atomic E-state index is 0.00468. The first-order valence-electron chi connectivity index (χ1n) is 7.49. The van der Waals surface area contributed by atoms with Crippen LogP contribution in [-0.4, -0.2) is 12.2 Å². The molecule has 5 heteroatoms. The summed E-state index contributed by atoms with van der Waals surface area (Å²) >= 11 is 7.34. The molecule has 0 radical (unpaired) electrons. The maximum absolute atomic E-state index is 5.53. The Morgan fingerprint density at radius 3 is 2.50 bits per heavy atom. The molecule has 1 saturated carbocycles. The van der Waals surface area contributed by atoms with Crippen molar-refractivity contribution in [1.82, 2.24) is 5.32 Å². The highest BCUT2D eigenvalue weighted by atomic mass is 32.1. The van der Waals surface area contributed by atoms with Gasteiger partial charge in [0.25, 0.3) is 0 Å². The predicted molar refractivity (Wildman–Crippen MR) is 96.8 cm³/mol. The molecule has 0 unspecified atom stereocenters. The molecule has 2 aromatic rings. The highest BCUT2D eigenvalue weighted by molar-refractivity contribution is 7.80. The normalized spacial score (nSPS) is 16.2.